The van der Waals surface area contributed by atoms with Gasteiger partial charge in [-0.15, -0.1) is 5.54 Å². The van der Waals surface area contributed by atoms with Crippen molar-refractivity contribution in [1.29, 1.82) is 0 Å². The van der Waals surface area contributed by atoms with E-state index in [9.17, 15) is 0 Å². The van der Waals surface area contributed by atoms with Crippen molar-refractivity contribution in [2.75, 3.05) is 0 Å². The highest BCUT2D eigenvalue weighted by atomic mass is 79.9. The third-order valence-corrected chi connectivity index (χ3v) is 11.3. The fraction of sp³-hybridized carbons (Fsp3) is 0.474. The van der Waals surface area contributed by atoms with Crippen LogP contribution in [0.5, 0.6) is 0 Å². The number of rotatable bonds is 3. The zero-order chi connectivity index (χ0) is 16.0. The molecule has 0 aliphatic heterocycles. The van der Waals surface area contributed by atoms with Crippen LogP contribution in [-0.4, -0.2) is 8.07 Å². The molecule has 21 heavy (non-hydrogen) atoms. The zero-order valence-corrected chi connectivity index (χ0v) is 16.5. The van der Waals surface area contributed by atoms with Gasteiger partial charge in [-0.3, -0.25) is 0 Å². The molecule has 0 fully saturated rings. The number of hydrogen-bond acceptors (Lipinski definition) is 0. The minimum atomic E-state index is -1.65. The van der Waals surface area contributed by atoms with Crippen LogP contribution in [0.3, 0.4) is 0 Å². The lowest BCUT2D eigenvalue weighted by atomic mass is 10.2. The maximum atomic E-state index is 3.62. The number of halogens is 1. The van der Waals surface area contributed by atoms with Gasteiger partial charge in [0.2, 0.25) is 0 Å². The Balaban J connectivity index is 3.12. The molecule has 0 saturated carbocycles. The van der Waals surface area contributed by atoms with Crippen molar-refractivity contribution >= 4 is 24.0 Å². The van der Waals surface area contributed by atoms with Crippen molar-refractivity contribution in [3.8, 4) is 23.3 Å². The molecule has 0 aliphatic carbocycles. The first-order valence-electron chi connectivity index (χ1n) is 7.60. The third kappa shape index (κ3) is 4.25. The highest BCUT2D eigenvalue weighted by Gasteiger charge is 2.41. The van der Waals surface area contributed by atoms with Crippen LogP contribution in [-0.2, 0) is 0 Å². The summed E-state index contributed by atoms with van der Waals surface area (Å²) in [4.78, 5) is 0. The molecular weight excluding hydrogens is 336 g/mol. The predicted molar refractivity (Wildman–Crippen MR) is 99.8 cm³/mol. The van der Waals surface area contributed by atoms with Crippen LogP contribution >= 0.6 is 15.9 Å². The monoisotopic (exact) mass is 360 g/mol. The summed E-state index contributed by atoms with van der Waals surface area (Å²) in [6, 6.07) is 8.01. The Labute approximate surface area is 139 Å². The van der Waals surface area contributed by atoms with E-state index in [0.29, 0.717) is 16.6 Å². The van der Waals surface area contributed by atoms with E-state index >= 15 is 0 Å². The van der Waals surface area contributed by atoms with Crippen molar-refractivity contribution < 1.29 is 0 Å². The highest BCUT2D eigenvalue weighted by molar-refractivity contribution is 9.10. The summed E-state index contributed by atoms with van der Waals surface area (Å²) in [5, 5.41) is 0. The SMILES string of the molecule is CC(C)[Si](C#CC#Cc1ccccc1Br)(C(C)C)C(C)C. The number of benzene rings is 1. The average Bonchev–Trinajstić information content (AvgIpc) is 2.39. The van der Waals surface area contributed by atoms with Gasteiger partial charge in [0.25, 0.3) is 0 Å². The Morgan fingerprint density at radius 1 is 0.857 bits per heavy atom. The molecule has 0 atom stereocenters. The van der Waals surface area contributed by atoms with Crippen LogP contribution in [0.25, 0.3) is 0 Å². The Morgan fingerprint density at radius 2 is 1.38 bits per heavy atom. The maximum absolute atomic E-state index is 3.62. The first kappa shape index (κ1) is 18.1. The van der Waals surface area contributed by atoms with Gasteiger partial charge in [0.05, 0.1) is 0 Å². The van der Waals surface area contributed by atoms with E-state index in [0.717, 1.165) is 10.0 Å². The van der Waals surface area contributed by atoms with Crippen LogP contribution < -0.4 is 0 Å². The van der Waals surface area contributed by atoms with Gasteiger partial charge < -0.3 is 0 Å². The molecule has 0 saturated heterocycles. The van der Waals surface area contributed by atoms with Crippen LogP contribution in [0.2, 0.25) is 16.6 Å². The highest BCUT2D eigenvalue weighted by Crippen LogP contribution is 2.40. The summed E-state index contributed by atoms with van der Waals surface area (Å²) in [6.07, 6.45) is 0. The molecule has 0 aromatic heterocycles. The van der Waals surface area contributed by atoms with E-state index in [4.69, 9.17) is 0 Å². The van der Waals surface area contributed by atoms with Gasteiger partial charge >= 0.3 is 0 Å². The molecule has 1 rings (SSSR count). The zero-order valence-electron chi connectivity index (χ0n) is 13.9. The average molecular weight is 361 g/mol. The topological polar surface area (TPSA) is 0 Å². The molecule has 0 heterocycles. The van der Waals surface area contributed by atoms with E-state index in [1.165, 1.54) is 0 Å². The fourth-order valence-electron chi connectivity index (χ4n) is 3.23. The van der Waals surface area contributed by atoms with Crippen molar-refractivity contribution in [2.45, 2.75) is 58.2 Å². The molecule has 0 aliphatic rings. The summed E-state index contributed by atoms with van der Waals surface area (Å²) in [5.41, 5.74) is 6.56. The van der Waals surface area contributed by atoms with Gasteiger partial charge in [-0.25, -0.2) is 0 Å². The van der Waals surface area contributed by atoms with Crippen LogP contribution in [0.4, 0.5) is 0 Å². The second kappa shape index (κ2) is 7.88. The molecule has 0 nitrogen and oxygen atoms in total. The van der Waals surface area contributed by atoms with Gasteiger partial charge in [0.15, 0.2) is 0 Å². The molecule has 1 aromatic rings. The lowest BCUT2D eigenvalue weighted by molar-refractivity contribution is 0.838. The molecule has 0 amide bonds. The van der Waals surface area contributed by atoms with Crippen molar-refractivity contribution in [3.63, 3.8) is 0 Å². The lowest BCUT2D eigenvalue weighted by Gasteiger charge is -2.37. The maximum Gasteiger partial charge on any atom is 0.147 e. The van der Waals surface area contributed by atoms with E-state index < -0.39 is 8.07 Å². The molecule has 0 N–H and O–H groups in total. The standard InChI is InChI=1S/C19H25BrSi/c1-15(2)21(16(3)4,17(5)6)14-10-9-12-18-11-7-8-13-19(18)20/h7-8,11,13,15-17H,1-6H3. The minimum Gasteiger partial charge on any atom is -0.116 e. The van der Waals surface area contributed by atoms with Crippen LogP contribution in [0, 0.1) is 23.3 Å². The smallest absolute Gasteiger partial charge is 0.116 e. The molecule has 112 valence electrons. The summed E-state index contributed by atoms with van der Waals surface area (Å²) >= 11 is 3.52. The Bertz CT molecular complexity index is 569. The quantitative estimate of drug-likeness (QED) is 0.456. The van der Waals surface area contributed by atoms with E-state index in [1.54, 1.807) is 0 Å². The summed E-state index contributed by atoms with van der Waals surface area (Å²) in [6.45, 7) is 13.9. The lowest BCUT2D eigenvalue weighted by Crippen LogP contribution is -2.43. The van der Waals surface area contributed by atoms with E-state index in [1.807, 2.05) is 24.3 Å². The third-order valence-electron chi connectivity index (χ3n) is 4.28. The van der Waals surface area contributed by atoms with E-state index in [2.05, 4.69) is 80.8 Å². The van der Waals surface area contributed by atoms with Gasteiger partial charge in [-0.05, 0) is 56.5 Å². The normalized spacial score (nSPS) is 11.1. The molecule has 0 radical (unpaired) electrons. The number of hydrogen-bond donors (Lipinski definition) is 0. The summed E-state index contributed by atoms with van der Waals surface area (Å²) < 4.78 is 1.03. The summed E-state index contributed by atoms with van der Waals surface area (Å²) in [7, 11) is -1.65. The first-order valence-corrected chi connectivity index (χ1v) is 10.6. The Morgan fingerprint density at radius 3 is 1.86 bits per heavy atom. The van der Waals surface area contributed by atoms with Crippen LogP contribution in [0.1, 0.15) is 47.1 Å². The second-order valence-electron chi connectivity index (χ2n) is 6.38. The molecule has 1 aromatic carbocycles. The molecular formula is C19H25BrSi. The second-order valence-corrected chi connectivity index (χ2v) is 12.8. The predicted octanol–water partition coefficient (Wildman–Crippen LogP) is 6.02. The van der Waals surface area contributed by atoms with Crippen molar-refractivity contribution in [1.82, 2.24) is 0 Å². The molecule has 0 spiro atoms. The summed E-state index contributed by atoms with van der Waals surface area (Å²) in [5.74, 6) is 9.39. The first-order chi connectivity index (χ1) is 9.82. The van der Waals surface area contributed by atoms with Gasteiger partial charge in [-0.1, -0.05) is 59.6 Å². The minimum absolute atomic E-state index is 0.648. The van der Waals surface area contributed by atoms with Crippen molar-refractivity contribution in [3.05, 3.63) is 34.3 Å². The van der Waals surface area contributed by atoms with Crippen LogP contribution in [0.15, 0.2) is 28.7 Å². The Kier molecular flexibility index (Phi) is 6.79. The molecule has 0 bridgehead atoms. The molecule has 0 unspecified atom stereocenters. The van der Waals surface area contributed by atoms with Gasteiger partial charge in [-0.2, -0.15) is 0 Å². The Hall–Kier alpha value is -0.963. The largest absolute Gasteiger partial charge is 0.147 e. The van der Waals surface area contributed by atoms with Gasteiger partial charge in [0.1, 0.15) is 8.07 Å². The van der Waals surface area contributed by atoms with Crippen molar-refractivity contribution in [2.24, 2.45) is 0 Å². The fourth-order valence-corrected chi connectivity index (χ4v) is 8.76. The van der Waals surface area contributed by atoms with Gasteiger partial charge in [0, 0.05) is 10.0 Å². The molecule has 2 heteroatoms. The van der Waals surface area contributed by atoms with E-state index in [-0.39, 0.29) is 0 Å².